The second kappa shape index (κ2) is 5.96. The third kappa shape index (κ3) is 2.68. The van der Waals surface area contributed by atoms with Crippen molar-refractivity contribution in [2.24, 2.45) is 0 Å². The zero-order valence-corrected chi connectivity index (χ0v) is 12.7. The third-order valence-electron chi connectivity index (χ3n) is 3.55. The van der Waals surface area contributed by atoms with Gasteiger partial charge >= 0.3 is 5.97 Å². The molecule has 0 spiro atoms. The van der Waals surface area contributed by atoms with Crippen LogP contribution in [0.3, 0.4) is 0 Å². The first-order valence-corrected chi connectivity index (χ1v) is 6.93. The molecule has 0 amide bonds. The fraction of sp³-hybridized carbons (Fsp3) is 0.111. The van der Waals surface area contributed by atoms with Crippen molar-refractivity contribution in [1.29, 1.82) is 0 Å². The minimum atomic E-state index is -0.457. The van der Waals surface area contributed by atoms with Crippen molar-refractivity contribution < 1.29 is 23.8 Å². The van der Waals surface area contributed by atoms with Crippen LogP contribution in [-0.2, 0) is 4.74 Å². The van der Waals surface area contributed by atoms with Crippen molar-refractivity contribution in [2.75, 3.05) is 14.2 Å². The summed E-state index contributed by atoms with van der Waals surface area (Å²) in [6.07, 6.45) is 1.30. The second-order valence-electron chi connectivity index (χ2n) is 4.87. The topological polar surface area (TPSA) is 61.8 Å². The lowest BCUT2D eigenvalue weighted by Crippen LogP contribution is -2.01. The second-order valence-corrected chi connectivity index (χ2v) is 4.87. The Labute approximate surface area is 133 Å². The van der Waals surface area contributed by atoms with Crippen molar-refractivity contribution in [3.8, 4) is 11.5 Å². The first kappa shape index (κ1) is 14.8. The Balaban J connectivity index is 1.98. The molecule has 5 nitrogen and oxygen atoms in total. The number of benzene rings is 2. The summed E-state index contributed by atoms with van der Waals surface area (Å²) in [6.45, 7) is 0. The smallest absolute Gasteiger partial charge is 0.344 e. The molecule has 2 aromatic rings. The van der Waals surface area contributed by atoms with Crippen molar-refractivity contribution in [2.45, 2.75) is 0 Å². The maximum absolute atomic E-state index is 12.5. The van der Waals surface area contributed by atoms with Gasteiger partial charge in [0.1, 0.15) is 17.3 Å². The summed E-state index contributed by atoms with van der Waals surface area (Å²) < 4.78 is 15.5. The molecule has 0 aliphatic carbocycles. The number of methoxy groups -OCH3 is 2. The van der Waals surface area contributed by atoms with E-state index in [4.69, 9.17) is 14.2 Å². The van der Waals surface area contributed by atoms with Crippen LogP contribution < -0.4 is 9.47 Å². The Kier molecular flexibility index (Phi) is 3.85. The fourth-order valence-corrected chi connectivity index (χ4v) is 2.39. The number of allylic oxidation sites excluding steroid dienone is 1. The molecule has 0 fully saturated rings. The van der Waals surface area contributed by atoms with Gasteiger partial charge in [0.05, 0.1) is 25.3 Å². The van der Waals surface area contributed by atoms with Gasteiger partial charge in [-0.2, -0.15) is 0 Å². The van der Waals surface area contributed by atoms with Gasteiger partial charge in [-0.3, -0.25) is 4.79 Å². The third-order valence-corrected chi connectivity index (χ3v) is 3.55. The van der Waals surface area contributed by atoms with E-state index in [1.54, 1.807) is 42.5 Å². The number of fused-ring (bicyclic) bond motifs is 1. The number of esters is 1. The number of carbonyl (C=O) groups excluding carboxylic acids is 2. The highest BCUT2D eigenvalue weighted by atomic mass is 16.5. The number of hydrogen-bond acceptors (Lipinski definition) is 5. The number of cyclic esters (lactones) is 1. The molecule has 0 unspecified atom stereocenters. The number of ether oxygens (including phenoxy) is 3. The van der Waals surface area contributed by atoms with Gasteiger partial charge in [0.15, 0.2) is 5.78 Å². The minimum absolute atomic E-state index is 0.244. The summed E-state index contributed by atoms with van der Waals surface area (Å²) in [5.41, 5.74) is 1.42. The van der Waals surface area contributed by atoms with Gasteiger partial charge in [0, 0.05) is 17.7 Å². The Morgan fingerprint density at radius 3 is 2.48 bits per heavy atom. The predicted molar refractivity (Wildman–Crippen MR) is 83.7 cm³/mol. The lowest BCUT2D eigenvalue weighted by Gasteiger charge is -2.08. The lowest BCUT2D eigenvalue weighted by molar-refractivity contribution is 0.0715. The predicted octanol–water partition coefficient (Wildman–Crippen LogP) is 3.10. The highest BCUT2D eigenvalue weighted by molar-refractivity contribution is 6.13. The molecule has 1 aliphatic heterocycles. The van der Waals surface area contributed by atoms with E-state index >= 15 is 0 Å². The van der Waals surface area contributed by atoms with Crippen LogP contribution in [0.5, 0.6) is 11.5 Å². The van der Waals surface area contributed by atoms with E-state index in [-0.39, 0.29) is 11.5 Å². The van der Waals surface area contributed by atoms with Crippen molar-refractivity contribution in [1.82, 2.24) is 0 Å². The van der Waals surface area contributed by atoms with Crippen LogP contribution in [-0.4, -0.2) is 26.0 Å². The summed E-state index contributed by atoms with van der Waals surface area (Å²) in [5, 5.41) is 0. The van der Waals surface area contributed by atoms with E-state index in [0.29, 0.717) is 28.2 Å². The summed E-state index contributed by atoms with van der Waals surface area (Å²) in [5.74, 6) is 0.450. The molecule has 3 rings (SSSR count). The first-order valence-electron chi connectivity index (χ1n) is 6.93. The zero-order chi connectivity index (χ0) is 16.4. The Morgan fingerprint density at radius 2 is 1.78 bits per heavy atom. The average molecular weight is 310 g/mol. The van der Waals surface area contributed by atoms with Gasteiger partial charge in [-0.15, -0.1) is 0 Å². The lowest BCUT2D eigenvalue weighted by atomic mass is 10.0. The van der Waals surface area contributed by atoms with E-state index < -0.39 is 5.97 Å². The van der Waals surface area contributed by atoms with Crippen LogP contribution in [0.1, 0.15) is 26.3 Å². The Morgan fingerprint density at radius 1 is 1.04 bits per heavy atom. The van der Waals surface area contributed by atoms with Crippen LogP contribution in [0.2, 0.25) is 0 Å². The highest BCUT2D eigenvalue weighted by Crippen LogP contribution is 2.31. The molecule has 0 saturated carbocycles. The van der Waals surface area contributed by atoms with Gasteiger partial charge in [-0.25, -0.2) is 4.79 Å². The Bertz CT molecular complexity index is 820. The van der Waals surface area contributed by atoms with E-state index in [1.165, 1.54) is 20.3 Å². The monoisotopic (exact) mass is 310 g/mol. The molecule has 1 heterocycles. The summed E-state index contributed by atoms with van der Waals surface area (Å²) in [4.78, 5) is 24.3. The van der Waals surface area contributed by atoms with Crippen LogP contribution in [0.15, 0.2) is 48.5 Å². The molecule has 0 atom stereocenters. The molecule has 116 valence electrons. The number of ketones is 1. The summed E-state index contributed by atoms with van der Waals surface area (Å²) in [6, 6.07) is 11.8. The van der Waals surface area contributed by atoms with E-state index in [1.807, 2.05) is 0 Å². The van der Waals surface area contributed by atoms with Crippen LogP contribution >= 0.6 is 0 Å². The van der Waals surface area contributed by atoms with Gasteiger partial charge in [0.2, 0.25) is 0 Å². The van der Waals surface area contributed by atoms with Crippen molar-refractivity contribution >= 4 is 17.5 Å². The quantitative estimate of drug-likeness (QED) is 0.493. The number of rotatable bonds is 4. The van der Waals surface area contributed by atoms with Gasteiger partial charge in [-0.1, -0.05) is 18.2 Å². The first-order chi connectivity index (χ1) is 11.1. The standard InChI is InChI=1S/C18H14O5/c1-21-11-7-8-14(16(9-11)22-2)15(19)10-17-12-5-3-4-6-13(12)18(20)23-17/h3-10H,1-2H3. The maximum Gasteiger partial charge on any atom is 0.344 e. The Hall–Kier alpha value is -3.08. The van der Waals surface area contributed by atoms with Gasteiger partial charge < -0.3 is 14.2 Å². The summed E-state index contributed by atoms with van der Waals surface area (Å²) in [7, 11) is 3.01. The van der Waals surface area contributed by atoms with Gasteiger partial charge in [-0.05, 0) is 18.2 Å². The van der Waals surface area contributed by atoms with E-state index in [0.717, 1.165) is 0 Å². The minimum Gasteiger partial charge on any atom is -0.497 e. The molecule has 2 aromatic carbocycles. The van der Waals surface area contributed by atoms with Crippen LogP contribution in [0.25, 0.3) is 5.76 Å². The van der Waals surface area contributed by atoms with Crippen LogP contribution in [0, 0.1) is 0 Å². The number of carbonyl (C=O) groups is 2. The van der Waals surface area contributed by atoms with Crippen molar-refractivity contribution in [3.05, 3.63) is 65.2 Å². The van der Waals surface area contributed by atoms with Crippen LogP contribution in [0.4, 0.5) is 0 Å². The largest absolute Gasteiger partial charge is 0.497 e. The highest BCUT2D eigenvalue weighted by Gasteiger charge is 2.26. The average Bonchev–Trinajstić information content (AvgIpc) is 2.90. The molecule has 0 N–H and O–H groups in total. The zero-order valence-electron chi connectivity index (χ0n) is 12.7. The van der Waals surface area contributed by atoms with Gasteiger partial charge in [0.25, 0.3) is 0 Å². The molecule has 0 aromatic heterocycles. The van der Waals surface area contributed by atoms with E-state index in [2.05, 4.69) is 0 Å². The molecule has 0 radical (unpaired) electrons. The SMILES string of the molecule is COc1ccc(C(=O)C=C2OC(=O)c3ccccc32)c(OC)c1. The molecule has 0 bridgehead atoms. The molecule has 23 heavy (non-hydrogen) atoms. The molecular weight excluding hydrogens is 296 g/mol. The molecule has 5 heteroatoms. The van der Waals surface area contributed by atoms with E-state index in [9.17, 15) is 9.59 Å². The summed E-state index contributed by atoms with van der Waals surface area (Å²) >= 11 is 0. The van der Waals surface area contributed by atoms with Crippen molar-refractivity contribution in [3.63, 3.8) is 0 Å². The number of hydrogen-bond donors (Lipinski definition) is 0. The normalized spacial score (nSPS) is 14.3. The molecule has 1 aliphatic rings. The maximum atomic E-state index is 12.5. The fourth-order valence-electron chi connectivity index (χ4n) is 2.39. The molecule has 0 saturated heterocycles. The molecular formula is C18H14O5.